The van der Waals surface area contributed by atoms with Crippen LogP contribution in [-0.2, 0) is 25.6 Å². The highest BCUT2D eigenvalue weighted by atomic mass is 16.5. The Labute approximate surface area is 285 Å². The third kappa shape index (κ3) is 10.4. The zero-order chi connectivity index (χ0) is 36.2. The van der Waals surface area contributed by atoms with E-state index in [1.165, 1.54) is 50.2 Å². The molecular formula is C32H34N12O6. The SMILES string of the molecule is CNCC(=O)Nc1ccc(N=Nc2ccccc2OC(=O)Cc2ccc(OC(C)=O)c(N=Nc3ccc(NC(=O)[C@H](C)N)nc3N)c2)c(N)n1. The number of hydrogen-bond donors (Lipinski definition) is 6. The predicted octanol–water partition coefficient (Wildman–Crippen LogP) is 3.99. The molecule has 1 atom stereocenters. The fourth-order valence-electron chi connectivity index (χ4n) is 3.99. The largest absolute Gasteiger partial charge is 0.424 e. The summed E-state index contributed by atoms with van der Waals surface area (Å²) in [6.45, 7) is 2.85. The van der Waals surface area contributed by atoms with Gasteiger partial charge in [0.2, 0.25) is 11.8 Å². The molecule has 0 saturated heterocycles. The molecule has 0 spiro atoms. The van der Waals surface area contributed by atoms with Crippen molar-refractivity contribution in [2.45, 2.75) is 26.3 Å². The topological polar surface area (TPSA) is 276 Å². The first-order valence-electron chi connectivity index (χ1n) is 14.9. The third-order valence-corrected chi connectivity index (χ3v) is 6.32. The molecule has 0 aliphatic heterocycles. The highest BCUT2D eigenvalue weighted by Gasteiger charge is 2.15. The van der Waals surface area contributed by atoms with Gasteiger partial charge >= 0.3 is 11.9 Å². The highest BCUT2D eigenvalue weighted by Crippen LogP contribution is 2.34. The van der Waals surface area contributed by atoms with Gasteiger partial charge in [0.1, 0.15) is 34.4 Å². The monoisotopic (exact) mass is 682 g/mol. The summed E-state index contributed by atoms with van der Waals surface area (Å²) in [6, 6.07) is 16.3. The van der Waals surface area contributed by atoms with Crippen molar-refractivity contribution >= 4 is 69.8 Å². The number of carbonyl (C=O) groups is 4. The molecule has 2 heterocycles. The molecule has 18 nitrogen and oxygen atoms in total. The van der Waals surface area contributed by atoms with Crippen molar-refractivity contribution in [1.29, 1.82) is 0 Å². The van der Waals surface area contributed by atoms with Gasteiger partial charge in [-0.2, -0.15) is 0 Å². The van der Waals surface area contributed by atoms with E-state index in [1.807, 2.05) is 0 Å². The van der Waals surface area contributed by atoms with Crippen LogP contribution in [0.25, 0.3) is 0 Å². The number of nitrogens with one attached hydrogen (secondary N) is 3. The summed E-state index contributed by atoms with van der Waals surface area (Å²) < 4.78 is 10.8. The van der Waals surface area contributed by atoms with Gasteiger partial charge < -0.3 is 42.6 Å². The van der Waals surface area contributed by atoms with Crippen molar-refractivity contribution in [3.8, 4) is 11.5 Å². The van der Waals surface area contributed by atoms with Gasteiger partial charge in [-0.1, -0.05) is 18.2 Å². The van der Waals surface area contributed by atoms with Gasteiger partial charge in [-0.3, -0.25) is 19.2 Å². The molecule has 18 heteroatoms. The average molecular weight is 683 g/mol. The van der Waals surface area contributed by atoms with Crippen LogP contribution < -0.4 is 42.6 Å². The Kier molecular flexibility index (Phi) is 12.3. The minimum Gasteiger partial charge on any atom is -0.424 e. The van der Waals surface area contributed by atoms with Crippen LogP contribution in [0.15, 0.2) is 87.2 Å². The van der Waals surface area contributed by atoms with Gasteiger partial charge in [0.15, 0.2) is 23.1 Å². The number of amides is 2. The minimum absolute atomic E-state index is 0.0253. The Morgan fingerprint density at radius 2 is 1.34 bits per heavy atom. The standard InChI is InChI=1S/C32H34N12O6/c1-17(33)32(48)40-27-13-10-22(31(35)39-27)43-44-23-14-19(8-11-25(23)49-18(2)45)15-29(47)50-24-7-5-4-6-20(24)41-42-21-9-12-26(38-30(21)34)37-28(46)16-36-3/h4-14,17,36H,15-16,33H2,1-3H3,(H3,34,37,38,46)(H3,35,39,40,48)/t17-/m0/s1. The Balaban J connectivity index is 1.48. The molecule has 9 N–H and O–H groups in total. The van der Waals surface area contributed by atoms with E-state index in [0.717, 1.165) is 0 Å². The lowest BCUT2D eigenvalue weighted by molar-refractivity contribution is -0.134. The van der Waals surface area contributed by atoms with Gasteiger partial charge in [0, 0.05) is 6.92 Å². The molecular weight excluding hydrogens is 648 g/mol. The predicted molar refractivity (Wildman–Crippen MR) is 184 cm³/mol. The number of likely N-dealkylation sites (N-methyl/N-ethyl adjacent to an activating group) is 1. The van der Waals surface area contributed by atoms with Crippen LogP contribution in [0.5, 0.6) is 11.5 Å². The Bertz CT molecular complexity index is 1960. The van der Waals surface area contributed by atoms with Crippen LogP contribution in [-0.4, -0.2) is 53.4 Å². The van der Waals surface area contributed by atoms with E-state index in [-0.39, 0.29) is 76.4 Å². The van der Waals surface area contributed by atoms with Crippen molar-refractivity contribution in [1.82, 2.24) is 15.3 Å². The van der Waals surface area contributed by atoms with Crippen LogP contribution in [0, 0.1) is 0 Å². The number of hydrogen-bond acceptors (Lipinski definition) is 16. The fraction of sp³-hybridized carbons (Fsp3) is 0.188. The summed E-state index contributed by atoms with van der Waals surface area (Å²) >= 11 is 0. The molecule has 0 unspecified atom stereocenters. The van der Waals surface area contributed by atoms with E-state index in [4.69, 9.17) is 26.7 Å². The number of nitrogens with two attached hydrogens (primary N) is 3. The lowest BCUT2D eigenvalue weighted by Gasteiger charge is -2.10. The molecule has 0 fully saturated rings. The lowest BCUT2D eigenvalue weighted by Crippen LogP contribution is -2.32. The number of esters is 2. The van der Waals surface area contributed by atoms with Gasteiger partial charge in [-0.15, -0.1) is 20.5 Å². The number of azo groups is 2. The maximum absolute atomic E-state index is 13.0. The molecule has 0 bridgehead atoms. The third-order valence-electron chi connectivity index (χ3n) is 6.32. The van der Waals surface area contributed by atoms with Crippen molar-refractivity contribution in [3.63, 3.8) is 0 Å². The summed E-state index contributed by atoms with van der Waals surface area (Å²) in [4.78, 5) is 56.6. The van der Waals surface area contributed by atoms with Gasteiger partial charge in [-0.05, 0) is 68.1 Å². The zero-order valence-electron chi connectivity index (χ0n) is 27.2. The van der Waals surface area contributed by atoms with E-state index in [0.29, 0.717) is 5.56 Å². The first-order valence-corrected chi connectivity index (χ1v) is 14.9. The second-order valence-corrected chi connectivity index (χ2v) is 10.5. The van der Waals surface area contributed by atoms with Crippen LogP contribution in [0.3, 0.4) is 0 Å². The quantitative estimate of drug-likeness (QED) is 0.0663. The van der Waals surface area contributed by atoms with Gasteiger partial charge in [-0.25, -0.2) is 9.97 Å². The maximum Gasteiger partial charge on any atom is 0.315 e. The summed E-state index contributed by atoms with van der Waals surface area (Å²) in [6.07, 6.45) is -0.205. The summed E-state index contributed by atoms with van der Waals surface area (Å²) in [5, 5.41) is 24.4. The van der Waals surface area contributed by atoms with Crippen LogP contribution >= 0.6 is 0 Å². The molecule has 0 aliphatic carbocycles. The number of para-hydroxylation sites is 1. The van der Waals surface area contributed by atoms with E-state index >= 15 is 0 Å². The Hall–Kier alpha value is -6.66. The van der Waals surface area contributed by atoms with E-state index in [9.17, 15) is 19.2 Å². The molecule has 0 saturated carbocycles. The zero-order valence-corrected chi connectivity index (χ0v) is 27.2. The van der Waals surface area contributed by atoms with Crippen LogP contribution in [0.2, 0.25) is 0 Å². The molecule has 4 aromatic rings. The number of pyridine rings is 2. The molecule has 258 valence electrons. The number of aromatic nitrogens is 2. The minimum atomic E-state index is -0.750. The maximum atomic E-state index is 13.0. The van der Waals surface area contributed by atoms with E-state index in [2.05, 4.69) is 46.4 Å². The van der Waals surface area contributed by atoms with E-state index in [1.54, 1.807) is 37.4 Å². The first kappa shape index (κ1) is 36.2. The second kappa shape index (κ2) is 16.9. The van der Waals surface area contributed by atoms with Crippen LogP contribution in [0.1, 0.15) is 19.4 Å². The van der Waals surface area contributed by atoms with Gasteiger partial charge in [0.25, 0.3) is 0 Å². The number of anilines is 4. The molecule has 0 aliphatic rings. The number of nitrogen functional groups attached to an aromatic ring is 2. The number of nitrogens with zero attached hydrogens (tertiary/aromatic N) is 6. The Morgan fingerprint density at radius 3 is 1.94 bits per heavy atom. The molecule has 2 amide bonds. The normalized spacial score (nSPS) is 11.7. The van der Waals surface area contributed by atoms with Crippen molar-refractivity contribution in [3.05, 3.63) is 72.3 Å². The molecule has 2 aromatic carbocycles. The average Bonchev–Trinajstić information content (AvgIpc) is 3.05. The molecule has 4 rings (SSSR count). The molecule has 50 heavy (non-hydrogen) atoms. The van der Waals surface area contributed by atoms with E-state index < -0.39 is 23.9 Å². The number of benzene rings is 2. The number of carbonyl (C=O) groups excluding carboxylic acids is 4. The first-order chi connectivity index (χ1) is 23.9. The highest BCUT2D eigenvalue weighted by molar-refractivity contribution is 5.94. The number of rotatable bonds is 13. The summed E-state index contributed by atoms with van der Waals surface area (Å²) in [5.74, 6) is -1.35. The molecule has 2 aromatic heterocycles. The summed E-state index contributed by atoms with van der Waals surface area (Å²) in [7, 11) is 1.64. The fourth-order valence-corrected chi connectivity index (χ4v) is 3.99. The number of ether oxygens (including phenoxy) is 2. The smallest absolute Gasteiger partial charge is 0.315 e. The van der Waals surface area contributed by atoms with Crippen molar-refractivity contribution < 1.29 is 28.7 Å². The van der Waals surface area contributed by atoms with Crippen molar-refractivity contribution in [2.24, 2.45) is 26.2 Å². The second-order valence-electron chi connectivity index (χ2n) is 10.5. The summed E-state index contributed by atoms with van der Waals surface area (Å²) in [5.41, 5.74) is 18.8. The van der Waals surface area contributed by atoms with Crippen LogP contribution in [0.4, 0.5) is 46.0 Å². The Morgan fingerprint density at radius 1 is 0.760 bits per heavy atom. The van der Waals surface area contributed by atoms with Crippen molar-refractivity contribution in [2.75, 3.05) is 35.7 Å². The lowest BCUT2D eigenvalue weighted by atomic mass is 10.1. The van der Waals surface area contributed by atoms with Gasteiger partial charge in [0.05, 0.1) is 19.0 Å². The molecule has 0 radical (unpaired) electrons.